The molecule has 0 unspecified atom stereocenters. The first-order valence-corrected chi connectivity index (χ1v) is 9.32. The summed E-state index contributed by atoms with van der Waals surface area (Å²) < 4.78 is 27.1. The highest BCUT2D eigenvalue weighted by atomic mass is 19.1. The van der Waals surface area contributed by atoms with E-state index in [0.717, 1.165) is 11.3 Å². The summed E-state index contributed by atoms with van der Waals surface area (Å²) in [5, 5.41) is 5.04. The molecule has 2 aromatic rings. The Morgan fingerprint density at radius 2 is 1.79 bits per heavy atom. The highest BCUT2D eigenvalue weighted by Crippen LogP contribution is 2.34. The van der Waals surface area contributed by atoms with E-state index in [4.69, 9.17) is 0 Å². The third-order valence-electron chi connectivity index (χ3n) is 4.87. The lowest BCUT2D eigenvalue weighted by Gasteiger charge is -2.27. The molecule has 2 aromatic carbocycles. The Balaban J connectivity index is 1.83. The molecule has 0 bridgehead atoms. The molecule has 4 amide bonds. The first kappa shape index (κ1) is 20.4. The van der Waals surface area contributed by atoms with Gasteiger partial charge >= 0.3 is 6.03 Å². The molecule has 0 aliphatic carbocycles. The van der Waals surface area contributed by atoms with Crippen molar-refractivity contribution in [3.63, 3.8) is 0 Å². The number of benzene rings is 2. The first-order valence-electron chi connectivity index (χ1n) is 9.32. The van der Waals surface area contributed by atoms with Crippen LogP contribution in [0.2, 0.25) is 0 Å². The number of hydrogen-bond donors (Lipinski definition) is 2. The molecule has 1 fully saturated rings. The third-order valence-corrected chi connectivity index (χ3v) is 4.87. The number of urea groups is 1. The SMILES string of the molecule is CCCC[C@@]1(c2ccc(F)cc2)NC(=O)N(CC(=O)Nc2ccccc2F)C1=O. The number of unbranched alkanes of at least 4 members (excludes halogenated alkanes) is 1. The Morgan fingerprint density at radius 1 is 1.10 bits per heavy atom. The third kappa shape index (κ3) is 4.11. The number of carbonyl (C=O) groups is 3. The second kappa shape index (κ2) is 8.38. The minimum Gasteiger partial charge on any atom is -0.322 e. The number of rotatable bonds is 7. The van der Waals surface area contributed by atoms with Gasteiger partial charge in [0.15, 0.2) is 0 Å². The van der Waals surface area contributed by atoms with Crippen LogP contribution in [0.3, 0.4) is 0 Å². The van der Waals surface area contributed by atoms with E-state index in [9.17, 15) is 23.2 Å². The molecule has 1 aliphatic heterocycles. The van der Waals surface area contributed by atoms with Crippen LogP contribution in [0.25, 0.3) is 0 Å². The zero-order valence-electron chi connectivity index (χ0n) is 15.9. The van der Waals surface area contributed by atoms with Crippen LogP contribution in [0.5, 0.6) is 0 Å². The molecule has 152 valence electrons. The summed E-state index contributed by atoms with van der Waals surface area (Å²) in [6, 6.07) is 10.2. The van der Waals surface area contributed by atoms with Crippen LogP contribution in [0.4, 0.5) is 19.3 Å². The lowest BCUT2D eigenvalue weighted by atomic mass is 9.85. The highest BCUT2D eigenvalue weighted by molar-refractivity contribution is 6.10. The minimum atomic E-state index is -1.36. The smallest absolute Gasteiger partial charge is 0.322 e. The quantitative estimate of drug-likeness (QED) is 0.697. The van der Waals surface area contributed by atoms with E-state index in [-0.39, 0.29) is 5.69 Å². The lowest BCUT2D eigenvalue weighted by Crippen LogP contribution is -2.44. The van der Waals surface area contributed by atoms with Crippen molar-refractivity contribution in [2.75, 3.05) is 11.9 Å². The van der Waals surface area contributed by atoms with Crippen molar-refractivity contribution < 1.29 is 23.2 Å². The normalized spacial score (nSPS) is 18.7. The van der Waals surface area contributed by atoms with Gasteiger partial charge in [0, 0.05) is 0 Å². The molecule has 6 nitrogen and oxygen atoms in total. The van der Waals surface area contributed by atoms with Gasteiger partial charge in [0.05, 0.1) is 5.69 Å². The number of halogens is 2. The summed E-state index contributed by atoms with van der Waals surface area (Å²) in [4.78, 5) is 38.8. The van der Waals surface area contributed by atoms with Gasteiger partial charge in [-0.3, -0.25) is 14.5 Å². The molecule has 2 N–H and O–H groups in total. The maximum Gasteiger partial charge on any atom is 0.325 e. The van der Waals surface area contributed by atoms with Gasteiger partial charge in [0.2, 0.25) is 5.91 Å². The summed E-state index contributed by atoms with van der Waals surface area (Å²) in [6.07, 6.45) is 1.73. The van der Waals surface area contributed by atoms with Crippen molar-refractivity contribution in [1.29, 1.82) is 0 Å². The van der Waals surface area contributed by atoms with Gasteiger partial charge in [0.25, 0.3) is 5.91 Å². The van der Waals surface area contributed by atoms with Gasteiger partial charge in [-0.15, -0.1) is 0 Å². The Labute approximate surface area is 166 Å². The molecule has 1 atom stereocenters. The highest BCUT2D eigenvalue weighted by Gasteiger charge is 2.52. The van der Waals surface area contributed by atoms with E-state index >= 15 is 0 Å². The van der Waals surface area contributed by atoms with Crippen molar-refractivity contribution in [1.82, 2.24) is 10.2 Å². The number of nitrogens with zero attached hydrogens (tertiary/aromatic N) is 1. The second-order valence-electron chi connectivity index (χ2n) is 6.87. The maximum atomic E-state index is 13.7. The van der Waals surface area contributed by atoms with Gasteiger partial charge in [-0.2, -0.15) is 0 Å². The van der Waals surface area contributed by atoms with E-state index in [1.165, 1.54) is 42.5 Å². The van der Waals surface area contributed by atoms with Gasteiger partial charge < -0.3 is 10.6 Å². The summed E-state index contributed by atoms with van der Waals surface area (Å²) in [6.45, 7) is 1.38. The largest absolute Gasteiger partial charge is 0.325 e. The molecule has 1 aliphatic rings. The number of amides is 4. The Kier molecular flexibility index (Phi) is 5.91. The van der Waals surface area contributed by atoms with Gasteiger partial charge in [-0.25, -0.2) is 13.6 Å². The Hall–Kier alpha value is -3.29. The average Bonchev–Trinajstić information content (AvgIpc) is 2.94. The Morgan fingerprint density at radius 3 is 2.45 bits per heavy atom. The van der Waals surface area contributed by atoms with Crippen LogP contribution >= 0.6 is 0 Å². The number of anilines is 1. The molecule has 29 heavy (non-hydrogen) atoms. The predicted octanol–water partition coefficient (Wildman–Crippen LogP) is 3.54. The van der Waals surface area contributed by atoms with E-state index in [1.807, 2.05) is 6.92 Å². The zero-order valence-corrected chi connectivity index (χ0v) is 15.9. The summed E-state index contributed by atoms with van der Waals surface area (Å²) >= 11 is 0. The topological polar surface area (TPSA) is 78.5 Å². The van der Waals surface area contributed by atoms with Crippen molar-refractivity contribution >= 4 is 23.5 Å². The predicted molar refractivity (Wildman–Crippen MR) is 103 cm³/mol. The fraction of sp³-hybridized carbons (Fsp3) is 0.286. The molecule has 1 saturated heterocycles. The van der Waals surface area contributed by atoms with E-state index < -0.39 is 41.6 Å². The van der Waals surface area contributed by atoms with E-state index in [1.54, 1.807) is 6.07 Å². The van der Waals surface area contributed by atoms with Gasteiger partial charge in [-0.05, 0) is 36.2 Å². The standard InChI is InChI=1S/C21H21F2N3O3/c1-2-3-12-21(14-8-10-15(22)11-9-14)19(28)26(20(29)25-21)13-18(27)24-17-7-5-4-6-16(17)23/h4-11H,2-3,12-13H2,1H3,(H,24,27)(H,25,29)/t21-/m0/s1. The number of nitrogens with one attached hydrogen (secondary N) is 2. The molecular weight excluding hydrogens is 380 g/mol. The van der Waals surface area contributed by atoms with Gasteiger partial charge in [0.1, 0.15) is 23.7 Å². The first-order chi connectivity index (χ1) is 13.9. The number of hydrogen-bond acceptors (Lipinski definition) is 3. The van der Waals surface area contributed by atoms with Crippen LogP contribution in [0, 0.1) is 11.6 Å². The fourth-order valence-electron chi connectivity index (χ4n) is 3.35. The Bertz CT molecular complexity index is 933. The molecular formula is C21H21F2N3O3. The molecule has 8 heteroatoms. The van der Waals surface area contributed by atoms with E-state index in [0.29, 0.717) is 18.4 Å². The lowest BCUT2D eigenvalue weighted by molar-refractivity contribution is -0.134. The van der Waals surface area contributed by atoms with Crippen LogP contribution in [-0.2, 0) is 15.1 Å². The van der Waals surface area contributed by atoms with Gasteiger partial charge in [-0.1, -0.05) is 44.0 Å². The summed E-state index contributed by atoms with van der Waals surface area (Å²) in [5.41, 5.74) is -0.956. The van der Waals surface area contributed by atoms with Crippen molar-refractivity contribution in [2.24, 2.45) is 0 Å². The van der Waals surface area contributed by atoms with Crippen LogP contribution in [0.15, 0.2) is 48.5 Å². The molecule has 0 aromatic heterocycles. The van der Waals surface area contributed by atoms with Crippen molar-refractivity contribution in [3.05, 3.63) is 65.7 Å². The molecule has 3 rings (SSSR count). The monoisotopic (exact) mass is 401 g/mol. The van der Waals surface area contributed by atoms with Crippen LogP contribution < -0.4 is 10.6 Å². The summed E-state index contributed by atoms with van der Waals surface area (Å²) in [5.74, 6) is -2.38. The second-order valence-corrected chi connectivity index (χ2v) is 6.87. The maximum absolute atomic E-state index is 13.7. The molecule has 0 saturated carbocycles. The molecule has 1 heterocycles. The van der Waals surface area contributed by atoms with E-state index in [2.05, 4.69) is 10.6 Å². The van der Waals surface area contributed by atoms with Crippen molar-refractivity contribution in [3.8, 4) is 0 Å². The minimum absolute atomic E-state index is 0.0414. The van der Waals surface area contributed by atoms with Crippen LogP contribution in [-0.4, -0.2) is 29.3 Å². The van der Waals surface area contributed by atoms with Crippen molar-refractivity contribution in [2.45, 2.75) is 31.7 Å². The summed E-state index contributed by atoms with van der Waals surface area (Å²) in [7, 11) is 0. The fourth-order valence-corrected chi connectivity index (χ4v) is 3.35. The number of imide groups is 1. The number of para-hydroxylation sites is 1. The van der Waals surface area contributed by atoms with Crippen LogP contribution in [0.1, 0.15) is 31.7 Å². The zero-order chi connectivity index (χ0) is 21.0. The average molecular weight is 401 g/mol. The molecule has 0 spiro atoms. The molecule has 0 radical (unpaired) electrons. The number of carbonyl (C=O) groups excluding carboxylic acids is 3.